The van der Waals surface area contributed by atoms with Gasteiger partial charge in [-0.05, 0) is 323 Å². The van der Waals surface area contributed by atoms with E-state index in [1.54, 1.807) is 0 Å². The van der Waals surface area contributed by atoms with Crippen LogP contribution in [0.2, 0.25) is 0 Å². The Hall–Kier alpha value is -17.4. The maximum Gasteiger partial charge on any atom is 0.135 e. The zero-order valence-electron chi connectivity index (χ0n) is 76.2. The van der Waals surface area contributed by atoms with Gasteiger partial charge in [0.05, 0.1) is 0 Å². The van der Waals surface area contributed by atoms with Gasteiger partial charge in [-0.2, -0.15) is 0 Å². The molecule has 4 heterocycles. The molecule has 28 aromatic rings. The van der Waals surface area contributed by atoms with E-state index in [1.807, 2.05) is 24.3 Å². The van der Waals surface area contributed by atoms with Crippen molar-refractivity contribution in [1.29, 1.82) is 0 Å². The molecule has 138 heavy (non-hydrogen) atoms. The molecular weight excluding hydrogens is 1670 g/mol. The predicted octanol–water partition coefficient (Wildman–Crippen LogP) is 38.1. The SMILES string of the molecule is CC1(C)c2ccc(-c3ccc4oc5ccc(-c6c7ccccc7c(-c7ccc(-c8ccc9oc%10ccccc%10c9c8)cc7)c7ccccc67)cc5c4c3)cc2-c2c1c1ccccc1c1ccccc21.CC1(C)c2ccc(-c3ccc4oc5ccc(-c6c7ccccc7c(-c7cccc(-c8ccc9oc%10ccccc%10c9c8)c7)c7ccccc67)cc5c4c3)cc2-c2c1c1ccccc1c1ccccc21. The first-order chi connectivity index (χ1) is 67.9. The minimum atomic E-state index is -0.142. The van der Waals surface area contributed by atoms with Crippen LogP contribution in [0.4, 0.5) is 0 Å². The van der Waals surface area contributed by atoms with Crippen molar-refractivity contribution in [2.45, 2.75) is 38.5 Å². The lowest BCUT2D eigenvalue weighted by Gasteiger charge is -2.24. The molecule has 0 radical (unpaired) electrons. The van der Waals surface area contributed by atoms with Gasteiger partial charge in [-0.15, -0.1) is 0 Å². The first kappa shape index (κ1) is 78.1. The van der Waals surface area contributed by atoms with Gasteiger partial charge < -0.3 is 17.7 Å². The van der Waals surface area contributed by atoms with Crippen molar-refractivity contribution in [3.63, 3.8) is 0 Å². The van der Waals surface area contributed by atoms with Crippen LogP contribution in [0.3, 0.4) is 0 Å². The van der Waals surface area contributed by atoms with E-state index in [0.717, 1.165) is 93.3 Å². The summed E-state index contributed by atoms with van der Waals surface area (Å²) in [5, 5.41) is 29.4. The molecule has 4 heteroatoms. The third kappa shape index (κ3) is 11.6. The average molecular weight is 1760 g/mol. The fraction of sp³-hybridized carbons (Fsp3) is 0.0448. The zero-order chi connectivity index (χ0) is 91.1. The Labute approximate surface area is 794 Å². The van der Waals surface area contributed by atoms with Gasteiger partial charge in [0.15, 0.2) is 0 Å². The Bertz CT molecular complexity index is 10100. The van der Waals surface area contributed by atoms with Crippen molar-refractivity contribution >= 4 is 174 Å². The van der Waals surface area contributed by atoms with Crippen molar-refractivity contribution in [3.8, 4) is 111 Å². The summed E-state index contributed by atoms with van der Waals surface area (Å²) in [6.45, 7) is 9.57. The molecule has 24 aromatic carbocycles. The average Bonchev–Trinajstić information content (AvgIpc) is 1.54. The summed E-state index contributed by atoms with van der Waals surface area (Å²) >= 11 is 0. The zero-order valence-corrected chi connectivity index (χ0v) is 76.2. The fourth-order valence-corrected chi connectivity index (χ4v) is 24.6. The lowest BCUT2D eigenvalue weighted by atomic mass is 9.79. The van der Waals surface area contributed by atoms with E-state index in [4.69, 9.17) is 17.7 Å². The van der Waals surface area contributed by atoms with Gasteiger partial charge in [-0.1, -0.05) is 361 Å². The molecule has 30 rings (SSSR count). The number of benzene rings is 24. The Morgan fingerprint density at radius 2 is 0.333 bits per heavy atom. The molecule has 0 N–H and O–H groups in total. The van der Waals surface area contributed by atoms with Gasteiger partial charge in [0.1, 0.15) is 44.7 Å². The topological polar surface area (TPSA) is 52.6 Å². The van der Waals surface area contributed by atoms with Crippen molar-refractivity contribution in [2.24, 2.45) is 0 Å². The lowest BCUT2D eigenvalue weighted by Crippen LogP contribution is -2.15. The standard InChI is InChI=1S/2C67H42O2/c1-67(2)58-30-26-40(37-57(58)65-48-19-5-3-16-45(48)46-17-4-10-24-53(46)66(65)67)42-28-32-61-55(36-42)56-38-44(29-33-62(56)69-61)64-51-22-8-6-20-49(51)63(50-21-7-9-23-52(50)64)43-15-13-14-39(34-43)41-27-31-60-54(35-41)47-18-11-12-25-59(47)68-60;1-67(2)58-31-27-42(37-57(58)65-48-16-5-3-13-45(48)46-14-4-10-21-53(46)66(65)67)43-29-33-61-55(36-43)56-38-44(30-34-62(56)69-61)64-51-19-8-6-17-49(51)63(50-18-7-9-20-52(50)64)40-25-23-39(24-26-40)41-28-32-60-54(35-41)47-15-11-12-22-59(47)68-60/h2*3-38H,1-2H3. The second-order valence-electron chi connectivity index (χ2n) is 39.0. The summed E-state index contributed by atoms with van der Waals surface area (Å²) in [5.41, 5.74) is 37.0. The highest BCUT2D eigenvalue weighted by atomic mass is 16.3. The molecule has 0 bridgehead atoms. The quantitative estimate of drug-likeness (QED) is 0.112. The maximum atomic E-state index is 6.61. The highest BCUT2D eigenvalue weighted by Gasteiger charge is 2.41. The number of furan rings is 4. The molecule has 0 aliphatic heterocycles. The first-order valence-electron chi connectivity index (χ1n) is 48.0. The third-order valence-electron chi connectivity index (χ3n) is 30.8. The largest absolute Gasteiger partial charge is 0.456 e. The molecule has 2 aliphatic rings. The van der Waals surface area contributed by atoms with Crippen molar-refractivity contribution in [3.05, 3.63) is 459 Å². The number of hydrogen-bond acceptors (Lipinski definition) is 4. The smallest absolute Gasteiger partial charge is 0.135 e. The van der Waals surface area contributed by atoms with Gasteiger partial charge >= 0.3 is 0 Å². The first-order valence-corrected chi connectivity index (χ1v) is 48.0. The monoisotopic (exact) mass is 1760 g/mol. The molecule has 2 aliphatic carbocycles. The van der Waals surface area contributed by atoms with E-state index < -0.39 is 0 Å². The molecule has 0 saturated heterocycles. The second-order valence-corrected chi connectivity index (χ2v) is 39.0. The van der Waals surface area contributed by atoms with Gasteiger partial charge in [-0.25, -0.2) is 0 Å². The van der Waals surface area contributed by atoms with E-state index in [2.05, 4.69) is 440 Å². The number of fused-ring (bicyclic) bond motifs is 32. The Balaban J connectivity index is 0.000000133. The summed E-state index contributed by atoms with van der Waals surface area (Å²) in [5.74, 6) is 0. The molecule has 0 atom stereocenters. The van der Waals surface area contributed by atoms with Crippen LogP contribution in [0.25, 0.3) is 285 Å². The Kier molecular flexibility index (Phi) is 16.7. The van der Waals surface area contributed by atoms with Crippen LogP contribution < -0.4 is 0 Å². The van der Waals surface area contributed by atoms with Crippen molar-refractivity contribution < 1.29 is 17.7 Å². The highest BCUT2D eigenvalue weighted by molar-refractivity contribution is 6.27. The number of rotatable bonds is 8. The van der Waals surface area contributed by atoms with E-state index in [-0.39, 0.29) is 10.8 Å². The van der Waals surface area contributed by atoms with Crippen LogP contribution in [-0.4, -0.2) is 0 Å². The minimum absolute atomic E-state index is 0.140. The van der Waals surface area contributed by atoms with Crippen LogP contribution >= 0.6 is 0 Å². The van der Waals surface area contributed by atoms with Gasteiger partial charge in [0.2, 0.25) is 0 Å². The lowest BCUT2D eigenvalue weighted by molar-refractivity contribution is 0.666. The summed E-state index contributed by atoms with van der Waals surface area (Å²) in [7, 11) is 0. The van der Waals surface area contributed by atoms with E-state index in [0.29, 0.717) is 0 Å². The summed E-state index contributed by atoms with van der Waals surface area (Å²) in [6.07, 6.45) is 0. The molecule has 0 fully saturated rings. The van der Waals surface area contributed by atoms with Gasteiger partial charge in [0.25, 0.3) is 0 Å². The van der Waals surface area contributed by atoms with Crippen LogP contribution in [-0.2, 0) is 10.8 Å². The van der Waals surface area contributed by atoms with Gasteiger partial charge in [0, 0.05) is 53.9 Å². The van der Waals surface area contributed by atoms with E-state index in [9.17, 15) is 0 Å². The Morgan fingerprint density at radius 3 is 0.674 bits per heavy atom. The van der Waals surface area contributed by atoms with E-state index in [1.165, 1.54) is 214 Å². The minimum Gasteiger partial charge on any atom is -0.456 e. The molecule has 4 nitrogen and oxygen atoms in total. The van der Waals surface area contributed by atoms with Crippen molar-refractivity contribution in [1.82, 2.24) is 0 Å². The van der Waals surface area contributed by atoms with Crippen molar-refractivity contribution in [2.75, 3.05) is 0 Å². The normalized spacial score (nSPS) is 13.2. The fourth-order valence-electron chi connectivity index (χ4n) is 24.6. The van der Waals surface area contributed by atoms with Crippen LogP contribution in [0.15, 0.2) is 454 Å². The molecule has 644 valence electrons. The summed E-state index contributed by atoms with van der Waals surface area (Å²) < 4.78 is 25.5. The molecule has 0 amide bonds. The summed E-state index contributed by atoms with van der Waals surface area (Å²) in [4.78, 5) is 0. The molecule has 0 unspecified atom stereocenters. The van der Waals surface area contributed by atoms with Crippen LogP contribution in [0.5, 0.6) is 0 Å². The molecule has 0 spiro atoms. The third-order valence-corrected chi connectivity index (χ3v) is 30.8. The number of para-hydroxylation sites is 2. The highest BCUT2D eigenvalue weighted by Crippen LogP contribution is 2.59. The Morgan fingerprint density at radius 1 is 0.130 bits per heavy atom. The second kappa shape index (κ2) is 29.5. The number of hydrogen-bond donors (Lipinski definition) is 0. The predicted molar refractivity (Wildman–Crippen MR) is 581 cm³/mol. The summed E-state index contributed by atoms with van der Waals surface area (Å²) in [6, 6.07) is 160. The van der Waals surface area contributed by atoms with Crippen LogP contribution in [0.1, 0.15) is 49.9 Å². The van der Waals surface area contributed by atoms with Gasteiger partial charge in [-0.3, -0.25) is 0 Å². The molecule has 0 saturated carbocycles. The molecular formula is C134H84O4. The maximum absolute atomic E-state index is 6.61. The molecule has 4 aromatic heterocycles. The van der Waals surface area contributed by atoms with Crippen LogP contribution in [0, 0.1) is 0 Å². The van der Waals surface area contributed by atoms with E-state index >= 15 is 0 Å².